The summed E-state index contributed by atoms with van der Waals surface area (Å²) in [5.41, 5.74) is 10.4. The van der Waals surface area contributed by atoms with Crippen molar-refractivity contribution in [1.82, 2.24) is 19.6 Å². The molecule has 0 fully saturated rings. The molecule has 112 valence electrons. The van der Waals surface area contributed by atoms with Gasteiger partial charge < -0.3 is 5.73 Å². The van der Waals surface area contributed by atoms with Crippen molar-refractivity contribution in [2.75, 3.05) is 5.73 Å². The first-order chi connectivity index (χ1) is 11.2. The quantitative estimate of drug-likeness (QED) is 0.735. The number of aromatic nitrogens is 4. The van der Waals surface area contributed by atoms with Gasteiger partial charge in [-0.15, -0.1) is 5.11 Å². The molecule has 8 heteroatoms. The lowest BCUT2D eigenvalue weighted by Gasteiger charge is -2.22. The van der Waals surface area contributed by atoms with Crippen molar-refractivity contribution >= 4 is 40.6 Å². The standard InChI is InChI=1S/C16H14B3N5/c1-9(11-4-6-24-12(7-11)3-5-21-24)14-10(2)22-15(20)23-13(14)8-16(17,18)19/h3-7H,1,8H2,2H3,(H2,20,22,23). The number of rotatable bonds is 4. The molecule has 0 spiro atoms. The number of nitrogens with two attached hydrogens (primary N) is 1. The van der Waals surface area contributed by atoms with Crippen LogP contribution in [0.2, 0.25) is 5.11 Å². The highest BCUT2D eigenvalue weighted by atomic mass is 15.2. The van der Waals surface area contributed by atoms with Crippen LogP contribution in [0.25, 0.3) is 11.1 Å². The lowest BCUT2D eigenvalue weighted by Crippen LogP contribution is -2.19. The summed E-state index contributed by atoms with van der Waals surface area (Å²) < 4.78 is 1.77. The lowest BCUT2D eigenvalue weighted by atomic mass is 9.41. The molecule has 0 aliphatic rings. The summed E-state index contributed by atoms with van der Waals surface area (Å²) in [5, 5.41) is 2.78. The van der Waals surface area contributed by atoms with Crippen molar-refractivity contribution < 1.29 is 0 Å². The Morgan fingerprint density at radius 3 is 2.75 bits per heavy atom. The number of hydrogen-bond donors (Lipinski definition) is 1. The zero-order valence-corrected chi connectivity index (χ0v) is 13.4. The van der Waals surface area contributed by atoms with E-state index in [9.17, 15) is 0 Å². The number of fused-ring (bicyclic) bond motifs is 1. The molecule has 3 aromatic rings. The van der Waals surface area contributed by atoms with Crippen LogP contribution in [0.1, 0.15) is 22.5 Å². The second kappa shape index (κ2) is 5.85. The predicted octanol–water partition coefficient (Wildman–Crippen LogP) is 1.20. The lowest BCUT2D eigenvalue weighted by molar-refractivity contribution is 0.912. The summed E-state index contributed by atoms with van der Waals surface area (Å²) in [7, 11) is 17.2. The zero-order valence-electron chi connectivity index (χ0n) is 13.4. The molecule has 0 saturated carbocycles. The first-order valence-corrected chi connectivity index (χ1v) is 7.37. The number of nitrogens with zero attached hydrogens (tertiary/aromatic N) is 4. The Kier molecular flexibility index (Phi) is 3.99. The van der Waals surface area contributed by atoms with Gasteiger partial charge in [-0.1, -0.05) is 6.58 Å². The van der Waals surface area contributed by atoms with Crippen LogP contribution < -0.4 is 5.73 Å². The average Bonchev–Trinajstić information content (AvgIpc) is 2.91. The number of pyridine rings is 1. The summed E-state index contributed by atoms with van der Waals surface area (Å²) in [6.07, 6.45) is 3.74. The topological polar surface area (TPSA) is 69.1 Å². The van der Waals surface area contributed by atoms with Crippen molar-refractivity contribution in [2.24, 2.45) is 0 Å². The van der Waals surface area contributed by atoms with Gasteiger partial charge in [-0.3, -0.25) is 0 Å². The second-order valence-corrected chi connectivity index (χ2v) is 5.87. The van der Waals surface area contributed by atoms with Gasteiger partial charge in [0.05, 0.1) is 40.4 Å². The molecule has 0 aliphatic carbocycles. The van der Waals surface area contributed by atoms with Crippen LogP contribution >= 0.6 is 0 Å². The van der Waals surface area contributed by atoms with Gasteiger partial charge in [-0.25, -0.2) is 14.5 Å². The van der Waals surface area contributed by atoms with Gasteiger partial charge in [0.1, 0.15) is 0 Å². The van der Waals surface area contributed by atoms with Crippen molar-refractivity contribution in [2.45, 2.75) is 18.5 Å². The van der Waals surface area contributed by atoms with Crippen LogP contribution in [0, 0.1) is 6.92 Å². The Morgan fingerprint density at radius 2 is 2.04 bits per heavy atom. The molecule has 0 aliphatic heterocycles. The minimum atomic E-state index is -1.41. The molecular weight excluding hydrogens is 295 g/mol. The van der Waals surface area contributed by atoms with E-state index in [1.165, 1.54) is 0 Å². The molecule has 24 heavy (non-hydrogen) atoms. The molecule has 0 amide bonds. The molecule has 5 nitrogen and oxygen atoms in total. The van der Waals surface area contributed by atoms with E-state index in [-0.39, 0.29) is 12.4 Å². The van der Waals surface area contributed by atoms with E-state index < -0.39 is 5.11 Å². The van der Waals surface area contributed by atoms with Crippen LogP contribution in [-0.2, 0) is 6.42 Å². The highest BCUT2D eigenvalue weighted by molar-refractivity contribution is 6.59. The zero-order chi connectivity index (χ0) is 17.5. The molecule has 3 heterocycles. The van der Waals surface area contributed by atoms with Crippen LogP contribution in [0.5, 0.6) is 0 Å². The number of hydrogen-bond acceptors (Lipinski definition) is 4. The summed E-state index contributed by atoms with van der Waals surface area (Å²) in [6, 6.07) is 5.81. The number of nitrogen functional groups attached to an aromatic ring is 1. The summed E-state index contributed by atoms with van der Waals surface area (Å²) in [6.45, 7) is 6.03. The maximum Gasteiger partial charge on any atom is 0.220 e. The fourth-order valence-corrected chi connectivity index (χ4v) is 2.72. The van der Waals surface area contributed by atoms with E-state index in [4.69, 9.17) is 29.3 Å². The van der Waals surface area contributed by atoms with Crippen LogP contribution in [0.3, 0.4) is 0 Å². The fraction of sp³-hybridized carbons (Fsp3) is 0.188. The molecule has 0 unspecified atom stereocenters. The molecule has 0 bridgehead atoms. The molecule has 0 atom stereocenters. The number of anilines is 1. The van der Waals surface area contributed by atoms with Crippen molar-refractivity contribution in [3.05, 3.63) is 59.7 Å². The SMILES string of the molecule is [B]C([B])([B])Cc1nc(N)nc(C)c1C(=C)c1ccn2nccc2c1. The van der Waals surface area contributed by atoms with Gasteiger partial charge in [0.15, 0.2) is 0 Å². The highest BCUT2D eigenvalue weighted by Gasteiger charge is 2.20. The summed E-state index contributed by atoms with van der Waals surface area (Å²) in [4.78, 5) is 8.50. The second-order valence-electron chi connectivity index (χ2n) is 5.87. The van der Waals surface area contributed by atoms with E-state index in [1.807, 2.05) is 31.3 Å². The van der Waals surface area contributed by atoms with Gasteiger partial charge in [0.2, 0.25) is 5.95 Å². The maximum atomic E-state index is 5.76. The maximum absolute atomic E-state index is 5.76. The minimum absolute atomic E-state index is 0.143. The Bertz CT molecular complexity index is 927. The molecule has 6 radical (unpaired) electrons. The van der Waals surface area contributed by atoms with Crippen LogP contribution in [-0.4, -0.2) is 43.1 Å². The predicted molar refractivity (Wildman–Crippen MR) is 98.2 cm³/mol. The average molecular weight is 309 g/mol. The van der Waals surface area contributed by atoms with Crippen molar-refractivity contribution in [3.8, 4) is 0 Å². The van der Waals surface area contributed by atoms with Crippen molar-refractivity contribution in [1.29, 1.82) is 0 Å². The van der Waals surface area contributed by atoms with Crippen LogP contribution in [0.4, 0.5) is 5.95 Å². The smallest absolute Gasteiger partial charge is 0.220 e. The van der Waals surface area contributed by atoms with Gasteiger partial charge >= 0.3 is 0 Å². The molecule has 2 N–H and O–H groups in total. The third-order valence-electron chi connectivity index (χ3n) is 3.71. The highest BCUT2D eigenvalue weighted by Crippen LogP contribution is 2.30. The Labute approximate surface area is 144 Å². The molecule has 3 aromatic heterocycles. The van der Waals surface area contributed by atoms with Gasteiger partial charge in [-0.2, -0.15) is 5.10 Å². The largest absolute Gasteiger partial charge is 0.368 e. The Hall–Kier alpha value is -2.50. The number of aryl methyl sites for hydroxylation is 1. The monoisotopic (exact) mass is 309 g/mol. The van der Waals surface area contributed by atoms with E-state index in [0.717, 1.165) is 22.2 Å². The Balaban J connectivity index is 2.11. The third kappa shape index (κ3) is 3.23. The van der Waals surface area contributed by atoms with E-state index in [0.29, 0.717) is 11.4 Å². The fourth-order valence-electron chi connectivity index (χ4n) is 2.72. The van der Waals surface area contributed by atoms with Crippen LogP contribution in [0.15, 0.2) is 37.2 Å². The first-order valence-electron chi connectivity index (χ1n) is 7.37. The van der Waals surface area contributed by atoms with E-state index >= 15 is 0 Å². The van der Waals surface area contributed by atoms with Gasteiger partial charge in [0.25, 0.3) is 0 Å². The van der Waals surface area contributed by atoms with Crippen molar-refractivity contribution in [3.63, 3.8) is 0 Å². The van der Waals surface area contributed by atoms with E-state index in [2.05, 4.69) is 21.6 Å². The molecular formula is C16H14B3N5. The normalized spacial score (nSPS) is 11.7. The minimum Gasteiger partial charge on any atom is -0.368 e. The first kappa shape index (κ1) is 16.4. The molecule has 0 aromatic carbocycles. The Morgan fingerprint density at radius 1 is 1.29 bits per heavy atom. The van der Waals surface area contributed by atoms with Gasteiger partial charge in [0, 0.05) is 18.0 Å². The molecule has 3 rings (SSSR count). The third-order valence-corrected chi connectivity index (χ3v) is 3.71. The van der Waals surface area contributed by atoms with Gasteiger partial charge in [-0.05, 0) is 42.7 Å². The summed E-state index contributed by atoms with van der Waals surface area (Å²) >= 11 is 0. The molecule has 0 saturated heterocycles. The summed E-state index contributed by atoms with van der Waals surface area (Å²) in [5.74, 6) is 0.148. The van der Waals surface area contributed by atoms with E-state index in [1.54, 1.807) is 10.7 Å².